The SMILES string of the molecule is O=C(CCCC(=O)OCC(=O)Nc1ccc(Cl)cc1)Nc1ccc([N+](=O)[O-])cc1. The van der Waals surface area contributed by atoms with E-state index < -0.39 is 23.4 Å². The van der Waals surface area contributed by atoms with Crippen LogP contribution in [0, 0.1) is 10.1 Å². The fourth-order valence-electron chi connectivity index (χ4n) is 2.23. The molecule has 0 atom stereocenters. The minimum Gasteiger partial charge on any atom is -0.456 e. The number of anilines is 2. The molecule has 0 saturated carbocycles. The first-order valence-electron chi connectivity index (χ1n) is 8.59. The lowest BCUT2D eigenvalue weighted by Gasteiger charge is -2.07. The highest BCUT2D eigenvalue weighted by molar-refractivity contribution is 6.30. The number of nitro benzene ring substituents is 1. The van der Waals surface area contributed by atoms with Crippen LogP contribution in [0.1, 0.15) is 19.3 Å². The summed E-state index contributed by atoms with van der Waals surface area (Å²) in [5, 5.41) is 16.2. The second-order valence-corrected chi connectivity index (χ2v) is 6.36. The topological polar surface area (TPSA) is 128 Å². The van der Waals surface area contributed by atoms with Gasteiger partial charge in [0.2, 0.25) is 5.91 Å². The van der Waals surface area contributed by atoms with Crippen molar-refractivity contribution < 1.29 is 24.0 Å². The summed E-state index contributed by atoms with van der Waals surface area (Å²) >= 11 is 5.75. The number of esters is 1. The Morgan fingerprint density at radius 3 is 2.03 bits per heavy atom. The van der Waals surface area contributed by atoms with E-state index in [2.05, 4.69) is 10.6 Å². The van der Waals surface area contributed by atoms with Crippen molar-refractivity contribution in [2.45, 2.75) is 19.3 Å². The van der Waals surface area contributed by atoms with Crippen LogP contribution in [0.15, 0.2) is 48.5 Å². The van der Waals surface area contributed by atoms with Gasteiger partial charge in [0.25, 0.3) is 11.6 Å². The number of rotatable bonds is 9. The van der Waals surface area contributed by atoms with E-state index in [-0.39, 0.29) is 30.9 Å². The molecule has 0 heterocycles. The zero-order valence-corrected chi connectivity index (χ0v) is 16.0. The Balaban J connectivity index is 1.63. The van der Waals surface area contributed by atoms with Crippen LogP contribution in [0.2, 0.25) is 5.02 Å². The molecule has 0 unspecified atom stereocenters. The summed E-state index contributed by atoms with van der Waals surface area (Å²) in [6.45, 7) is -0.434. The molecule has 0 bridgehead atoms. The number of non-ortho nitro benzene ring substituents is 1. The average molecular weight is 420 g/mol. The molecule has 0 spiro atoms. The number of nitro groups is 1. The largest absolute Gasteiger partial charge is 0.456 e. The van der Waals surface area contributed by atoms with Gasteiger partial charge in [0, 0.05) is 41.4 Å². The molecule has 152 valence electrons. The molecule has 29 heavy (non-hydrogen) atoms. The number of carbonyl (C=O) groups excluding carboxylic acids is 3. The maximum Gasteiger partial charge on any atom is 0.306 e. The van der Waals surface area contributed by atoms with Crippen molar-refractivity contribution in [2.24, 2.45) is 0 Å². The molecule has 2 rings (SSSR count). The van der Waals surface area contributed by atoms with E-state index in [4.69, 9.17) is 16.3 Å². The zero-order chi connectivity index (χ0) is 21.2. The maximum atomic E-state index is 11.8. The molecular weight excluding hydrogens is 402 g/mol. The van der Waals surface area contributed by atoms with Gasteiger partial charge >= 0.3 is 5.97 Å². The molecule has 0 saturated heterocycles. The molecule has 2 amide bonds. The molecule has 2 N–H and O–H groups in total. The van der Waals surface area contributed by atoms with Crippen molar-refractivity contribution in [1.82, 2.24) is 0 Å². The van der Waals surface area contributed by atoms with Gasteiger partial charge in [0.05, 0.1) is 4.92 Å². The van der Waals surface area contributed by atoms with Crippen molar-refractivity contribution >= 4 is 46.4 Å². The summed E-state index contributed by atoms with van der Waals surface area (Å²) in [6.07, 6.45) is 0.265. The Bertz CT molecular complexity index is 884. The number of hydrogen-bond donors (Lipinski definition) is 2. The summed E-state index contributed by atoms with van der Waals surface area (Å²) in [5.41, 5.74) is 0.867. The van der Waals surface area contributed by atoms with Crippen molar-refractivity contribution in [3.63, 3.8) is 0 Å². The molecule has 10 heteroatoms. The van der Waals surface area contributed by atoms with E-state index in [9.17, 15) is 24.5 Å². The molecule has 0 aromatic heterocycles. The number of hydrogen-bond acceptors (Lipinski definition) is 6. The molecule has 0 fully saturated rings. The third-order valence-corrected chi connectivity index (χ3v) is 3.89. The van der Waals surface area contributed by atoms with Crippen LogP contribution >= 0.6 is 11.6 Å². The Labute approximate surface area is 171 Å². The molecule has 2 aromatic rings. The molecule has 0 radical (unpaired) electrons. The summed E-state index contributed by atoms with van der Waals surface area (Å²) in [4.78, 5) is 45.3. The van der Waals surface area contributed by atoms with E-state index in [1.807, 2.05) is 0 Å². The van der Waals surface area contributed by atoms with E-state index in [0.717, 1.165) is 0 Å². The van der Waals surface area contributed by atoms with Crippen LogP contribution in [0.25, 0.3) is 0 Å². The minimum absolute atomic E-state index is 0.0259. The molecule has 9 nitrogen and oxygen atoms in total. The number of benzene rings is 2. The number of nitrogens with zero attached hydrogens (tertiary/aromatic N) is 1. The van der Waals surface area contributed by atoms with E-state index in [1.165, 1.54) is 24.3 Å². The number of carbonyl (C=O) groups is 3. The molecule has 2 aromatic carbocycles. The smallest absolute Gasteiger partial charge is 0.306 e. The number of amides is 2. The summed E-state index contributed by atoms with van der Waals surface area (Å²) in [5.74, 6) is -1.43. The lowest BCUT2D eigenvalue weighted by atomic mass is 10.2. The number of nitrogens with one attached hydrogen (secondary N) is 2. The zero-order valence-electron chi connectivity index (χ0n) is 15.2. The lowest BCUT2D eigenvalue weighted by molar-refractivity contribution is -0.384. The van der Waals surface area contributed by atoms with Crippen molar-refractivity contribution in [3.05, 3.63) is 63.7 Å². The highest BCUT2D eigenvalue weighted by atomic mass is 35.5. The van der Waals surface area contributed by atoms with Gasteiger partial charge < -0.3 is 15.4 Å². The van der Waals surface area contributed by atoms with Crippen LogP contribution in [0.4, 0.5) is 17.1 Å². The van der Waals surface area contributed by atoms with Crippen LogP contribution < -0.4 is 10.6 Å². The molecule has 0 aliphatic carbocycles. The van der Waals surface area contributed by atoms with Gasteiger partial charge in [-0.1, -0.05) is 11.6 Å². The highest BCUT2D eigenvalue weighted by Gasteiger charge is 2.10. The molecule has 0 aliphatic heterocycles. The van der Waals surface area contributed by atoms with Gasteiger partial charge in [-0.3, -0.25) is 24.5 Å². The standard InChI is InChI=1S/C19H18ClN3O6/c20-13-4-6-14(7-5-13)22-18(25)12-29-19(26)3-1-2-17(24)21-15-8-10-16(11-9-15)23(27)28/h4-11H,1-3,12H2,(H,21,24)(H,22,25). The van der Waals surface area contributed by atoms with Gasteiger partial charge in [0.15, 0.2) is 6.61 Å². The average Bonchev–Trinajstić information content (AvgIpc) is 2.68. The van der Waals surface area contributed by atoms with Gasteiger partial charge in [0.1, 0.15) is 0 Å². The van der Waals surface area contributed by atoms with Crippen molar-refractivity contribution in [2.75, 3.05) is 17.2 Å². The minimum atomic E-state index is -0.598. The third kappa shape index (κ3) is 7.97. The van der Waals surface area contributed by atoms with E-state index >= 15 is 0 Å². The molecule has 0 aliphatic rings. The van der Waals surface area contributed by atoms with E-state index in [0.29, 0.717) is 16.4 Å². The second-order valence-electron chi connectivity index (χ2n) is 5.92. The Morgan fingerprint density at radius 2 is 1.45 bits per heavy atom. The van der Waals surface area contributed by atoms with Gasteiger partial charge in [-0.15, -0.1) is 0 Å². The van der Waals surface area contributed by atoms with Gasteiger partial charge in [-0.05, 0) is 42.8 Å². The monoisotopic (exact) mass is 419 g/mol. The normalized spacial score (nSPS) is 10.1. The lowest BCUT2D eigenvalue weighted by Crippen LogP contribution is -2.21. The number of halogens is 1. The predicted octanol–water partition coefficient (Wildman–Crippen LogP) is 3.54. The fourth-order valence-corrected chi connectivity index (χ4v) is 2.36. The highest BCUT2D eigenvalue weighted by Crippen LogP contribution is 2.16. The van der Waals surface area contributed by atoms with Crippen molar-refractivity contribution in [3.8, 4) is 0 Å². The van der Waals surface area contributed by atoms with Crippen LogP contribution in [-0.4, -0.2) is 29.3 Å². The summed E-state index contributed by atoms with van der Waals surface area (Å²) < 4.78 is 4.86. The third-order valence-electron chi connectivity index (χ3n) is 3.64. The van der Waals surface area contributed by atoms with Crippen LogP contribution in [0.5, 0.6) is 0 Å². The first kappa shape index (κ1) is 21.8. The molecular formula is C19H18ClN3O6. The first-order chi connectivity index (χ1) is 13.8. The maximum absolute atomic E-state index is 11.8. The predicted molar refractivity (Wildman–Crippen MR) is 107 cm³/mol. The van der Waals surface area contributed by atoms with Crippen LogP contribution in [0.3, 0.4) is 0 Å². The van der Waals surface area contributed by atoms with Crippen molar-refractivity contribution in [1.29, 1.82) is 0 Å². The quantitative estimate of drug-likeness (QED) is 0.363. The summed E-state index contributed by atoms with van der Waals surface area (Å²) in [7, 11) is 0. The second kappa shape index (κ2) is 10.8. The Morgan fingerprint density at radius 1 is 0.897 bits per heavy atom. The van der Waals surface area contributed by atoms with Gasteiger partial charge in [-0.25, -0.2) is 0 Å². The Kier molecular flexibility index (Phi) is 8.11. The Hall–Kier alpha value is -3.46. The first-order valence-corrected chi connectivity index (χ1v) is 8.96. The fraction of sp³-hybridized carbons (Fsp3) is 0.211. The summed E-state index contributed by atoms with van der Waals surface area (Å²) in [6, 6.07) is 11.9. The van der Waals surface area contributed by atoms with Gasteiger partial charge in [-0.2, -0.15) is 0 Å². The number of ether oxygens (including phenoxy) is 1. The van der Waals surface area contributed by atoms with E-state index in [1.54, 1.807) is 24.3 Å². The van der Waals surface area contributed by atoms with Crippen LogP contribution in [-0.2, 0) is 19.1 Å².